The molecule has 0 bridgehead atoms. The summed E-state index contributed by atoms with van der Waals surface area (Å²) in [5, 5.41) is 8.58. The molecule has 0 aromatic rings. The maximum atomic E-state index is 11.9. The Labute approximate surface area is 96.0 Å². The first-order chi connectivity index (χ1) is 7.54. The number of nitrogens with zero attached hydrogens (tertiary/aromatic N) is 2. The van der Waals surface area contributed by atoms with E-state index >= 15 is 0 Å². The second-order valence-electron chi connectivity index (χ2n) is 4.33. The predicted octanol–water partition coefficient (Wildman–Crippen LogP) is 1.24. The van der Waals surface area contributed by atoms with Crippen LogP contribution in [-0.2, 0) is 4.79 Å². The summed E-state index contributed by atoms with van der Waals surface area (Å²) < 4.78 is 0. The van der Waals surface area contributed by atoms with Gasteiger partial charge in [0, 0.05) is 26.7 Å². The summed E-state index contributed by atoms with van der Waals surface area (Å²) in [6.07, 6.45) is 2.43. The zero-order valence-corrected chi connectivity index (χ0v) is 9.98. The Balaban J connectivity index is 2.36. The second-order valence-corrected chi connectivity index (χ2v) is 4.33. The van der Waals surface area contributed by atoms with Crippen LogP contribution in [0.1, 0.15) is 26.2 Å². The van der Waals surface area contributed by atoms with E-state index in [1.54, 1.807) is 16.8 Å². The molecule has 0 heterocycles. The van der Waals surface area contributed by atoms with Gasteiger partial charge in [0.15, 0.2) is 0 Å². The summed E-state index contributed by atoms with van der Waals surface area (Å²) in [6, 6.07) is -0.0596. The molecule has 1 N–H and O–H groups in total. The highest BCUT2D eigenvalue weighted by molar-refractivity contribution is 5.75. The van der Waals surface area contributed by atoms with E-state index in [0.717, 1.165) is 6.54 Å². The topological polar surface area (TPSA) is 60.9 Å². The normalized spacial score (nSPS) is 14.6. The van der Waals surface area contributed by atoms with Crippen molar-refractivity contribution in [3.8, 4) is 0 Å². The number of carboxylic acids is 1. The van der Waals surface area contributed by atoms with Gasteiger partial charge in [-0.05, 0) is 25.7 Å². The molecular formula is C11H20N2O3. The van der Waals surface area contributed by atoms with Crippen LogP contribution < -0.4 is 0 Å². The third kappa shape index (κ3) is 4.08. The van der Waals surface area contributed by atoms with E-state index in [-0.39, 0.29) is 12.5 Å². The number of rotatable bonds is 6. The first kappa shape index (κ1) is 12.8. The molecule has 1 aliphatic carbocycles. The standard InChI is InChI=1S/C11H20N2O3/c1-3-13(7-6-10(14)15)11(16)12(2)8-9-4-5-9/h9H,3-8H2,1-2H3,(H,14,15). The quantitative estimate of drug-likeness (QED) is 0.744. The summed E-state index contributed by atoms with van der Waals surface area (Å²) >= 11 is 0. The minimum atomic E-state index is -0.865. The monoisotopic (exact) mass is 228 g/mol. The molecule has 1 aliphatic rings. The highest BCUT2D eigenvalue weighted by Gasteiger charge is 2.26. The fourth-order valence-corrected chi connectivity index (χ4v) is 1.63. The first-order valence-corrected chi connectivity index (χ1v) is 5.76. The predicted molar refractivity (Wildman–Crippen MR) is 60.2 cm³/mol. The van der Waals surface area contributed by atoms with Crippen LogP contribution in [-0.4, -0.2) is 53.6 Å². The third-order valence-corrected chi connectivity index (χ3v) is 2.80. The summed E-state index contributed by atoms with van der Waals surface area (Å²) in [5.41, 5.74) is 0. The highest BCUT2D eigenvalue weighted by Crippen LogP contribution is 2.29. The first-order valence-electron chi connectivity index (χ1n) is 5.76. The van der Waals surface area contributed by atoms with Gasteiger partial charge in [0.25, 0.3) is 0 Å². The van der Waals surface area contributed by atoms with Gasteiger partial charge in [0.05, 0.1) is 6.42 Å². The number of carbonyl (C=O) groups is 2. The molecule has 0 spiro atoms. The summed E-state index contributed by atoms with van der Waals surface area (Å²) in [5.74, 6) is -0.205. The van der Waals surface area contributed by atoms with E-state index < -0.39 is 5.97 Å². The lowest BCUT2D eigenvalue weighted by molar-refractivity contribution is -0.137. The number of urea groups is 1. The van der Waals surface area contributed by atoms with Crippen LogP contribution in [0, 0.1) is 5.92 Å². The van der Waals surface area contributed by atoms with Crippen molar-refractivity contribution in [2.75, 3.05) is 26.7 Å². The van der Waals surface area contributed by atoms with Gasteiger partial charge in [-0.3, -0.25) is 4.79 Å². The zero-order chi connectivity index (χ0) is 12.1. The Hall–Kier alpha value is -1.26. The van der Waals surface area contributed by atoms with Gasteiger partial charge in [-0.25, -0.2) is 4.79 Å². The number of carboxylic acid groups (broad SMARTS) is 1. The fourth-order valence-electron chi connectivity index (χ4n) is 1.63. The molecule has 16 heavy (non-hydrogen) atoms. The molecule has 0 saturated heterocycles. The van der Waals surface area contributed by atoms with Crippen LogP contribution in [0.3, 0.4) is 0 Å². The molecule has 2 amide bonds. The van der Waals surface area contributed by atoms with E-state index in [9.17, 15) is 9.59 Å². The lowest BCUT2D eigenvalue weighted by Gasteiger charge is -2.26. The van der Waals surface area contributed by atoms with Gasteiger partial charge in [0.1, 0.15) is 0 Å². The van der Waals surface area contributed by atoms with Crippen LogP contribution in [0.4, 0.5) is 4.79 Å². The summed E-state index contributed by atoms with van der Waals surface area (Å²) in [6.45, 7) is 3.51. The lowest BCUT2D eigenvalue weighted by Crippen LogP contribution is -2.42. The minimum Gasteiger partial charge on any atom is -0.481 e. The van der Waals surface area contributed by atoms with Crippen LogP contribution in [0.5, 0.6) is 0 Å². The van der Waals surface area contributed by atoms with Gasteiger partial charge < -0.3 is 14.9 Å². The number of hydrogen-bond donors (Lipinski definition) is 1. The van der Waals surface area contributed by atoms with E-state index in [2.05, 4.69) is 0 Å². The molecule has 0 atom stereocenters. The van der Waals surface area contributed by atoms with Crippen molar-refractivity contribution in [2.24, 2.45) is 5.92 Å². The number of amides is 2. The van der Waals surface area contributed by atoms with Gasteiger partial charge in [-0.15, -0.1) is 0 Å². The van der Waals surface area contributed by atoms with E-state index in [0.29, 0.717) is 19.0 Å². The Bertz CT molecular complexity index is 264. The van der Waals surface area contributed by atoms with Crippen LogP contribution >= 0.6 is 0 Å². The molecular weight excluding hydrogens is 208 g/mol. The van der Waals surface area contributed by atoms with Crippen LogP contribution in [0.2, 0.25) is 0 Å². The Kier molecular flexibility index (Phi) is 4.58. The van der Waals surface area contributed by atoms with Crippen LogP contribution in [0.25, 0.3) is 0 Å². The maximum absolute atomic E-state index is 11.9. The van der Waals surface area contributed by atoms with Crippen molar-refractivity contribution in [1.29, 1.82) is 0 Å². The smallest absolute Gasteiger partial charge is 0.319 e. The maximum Gasteiger partial charge on any atom is 0.319 e. The number of hydrogen-bond acceptors (Lipinski definition) is 2. The van der Waals surface area contributed by atoms with Gasteiger partial charge in [-0.2, -0.15) is 0 Å². The SMILES string of the molecule is CCN(CCC(=O)O)C(=O)N(C)CC1CC1. The molecule has 0 aliphatic heterocycles. The van der Waals surface area contributed by atoms with Gasteiger partial charge >= 0.3 is 12.0 Å². The molecule has 1 saturated carbocycles. The van der Waals surface area contributed by atoms with Gasteiger partial charge in [0.2, 0.25) is 0 Å². The molecule has 0 unspecified atom stereocenters. The minimum absolute atomic E-state index is 0.0108. The summed E-state index contributed by atoms with van der Waals surface area (Å²) in [7, 11) is 1.78. The van der Waals surface area contributed by atoms with Crippen molar-refractivity contribution in [3.05, 3.63) is 0 Å². The molecule has 92 valence electrons. The molecule has 1 fully saturated rings. The number of carbonyl (C=O) groups excluding carboxylic acids is 1. The second kappa shape index (κ2) is 5.72. The largest absolute Gasteiger partial charge is 0.481 e. The van der Waals surface area contributed by atoms with Crippen LogP contribution in [0.15, 0.2) is 0 Å². The number of aliphatic carboxylic acids is 1. The van der Waals surface area contributed by atoms with Crippen molar-refractivity contribution in [3.63, 3.8) is 0 Å². The van der Waals surface area contributed by atoms with Crippen molar-refractivity contribution < 1.29 is 14.7 Å². The molecule has 0 radical (unpaired) electrons. The van der Waals surface area contributed by atoms with Crippen molar-refractivity contribution in [1.82, 2.24) is 9.80 Å². The molecule has 0 aromatic heterocycles. The average molecular weight is 228 g/mol. The van der Waals surface area contributed by atoms with Crippen molar-refractivity contribution >= 4 is 12.0 Å². The molecule has 5 heteroatoms. The fraction of sp³-hybridized carbons (Fsp3) is 0.818. The summed E-state index contributed by atoms with van der Waals surface area (Å²) in [4.78, 5) is 25.6. The lowest BCUT2D eigenvalue weighted by atomic mass is 10.3. The van der Waals surface area contributed by atoms with E-state index in [1.165, 1.54) is 12.8 Å². The van der Waals surface area contributed by atoms with Gasteiger partial charge in [-0.1, -0.05) is 0 Å². The molecule has 1 rings (SSSR count). The van der Waals surface area contributed by atoms with E-state index in [4.69, 9.17) is 5.11 Å². The zero-order valence-electron chi connectivity index (χ0n) is 9.98. The molecule has 5 nitrogen and oxygen atoms in total. The van der Waals surface area contributed by atoms with E-state index in [1.807, 2.05) is 6.92 Å². The average Bonchev–Trinajstić information content (AvgIpc) is 3.01. The molecule has 0 aromatic carbocycles. The third-order valence-electron chi connectivity index (χ3n) is 2.80. The Morgan fingerprint density at radius 3 is 2.44 bits per heavy atom. The van der Waals surface area contributed by atoms with Crippen molar-refractivity contribution in [2.45, 2.75) is 26.2 Å². The Morgan fingerprint density at radius 2 is 2.00 bits per heavy atom. The Morgan fingerprint density at radius 1 is 1.38 bits per heavy atom. The highest BCUT2D eigenvalue weighted by atomic mass is 16.4.